The molecular weight excluding hydrogens is 491 g/mol. The summed E-state index contributed by atoms with van der Waals surface area (Å²) < 4.78 is 5.42. The molecule has 1 aromatic heterocycles. The minimum absolute atomic E-state index is 0.0597. The Morgan fingerprint density at radius 3 is 2.68 bits per heavy atom. The fourth-order valence-corrected chi connectivity index (χ4v) is 5.22. The lowest BCUT2D eigenvalue weighted by atomic mass is 9.96. The van der Waals surface area contributed by atoms with Crippen LogP contribution in [0.4, 0.5) is 0 Å². The van der Waals surface area contributed by atoms with Crippen molar-refractivity contribution in [2.75, 3.05) is 25.4 Å². The Morgan fingerprint density at radius 2 is 1.94 bits per heavy atom. The highest BCUT2D eigenvalue weighted by Gasteiger charge is 2.26. The van der Waals surface area contributed by atoms with E-state index in [2.05, 4.69) is 51.5 Å². The average molecular weight is 519 g/mol. The molecule has 0 radical (unpaired) electrons. The molecule has 1 aliphatic heterocycles. The van der Waals surface area contributed by atoms with Crippen molar-refractivity contribution >= 4 is 40.9 Å². The summed E-state index contributed by atoms with van der Waals surface area (Å²) in [5.74, 6) is 3.09. The van der Waals surface area contributed by atoms with Gasteiger partial charge in [-0.1, -0.05) is 58.2 Å². The average Bonchev–Trinajstić information content (AvgIpc) is 3.28. The number of carbonyl (C=O) groups excluding carboxylic acids is 1. The van der Waals surface area contributed by atoms with Crippen LogP contribution >= 0.6 is 35.0 Å². The van der Waals surface area contributed by atoms with Crippen LogP contribution in [0.25, 0.3) is 11.4 Å². The number of amides is 1. The maximum Gasteiger partial charge on any atom is 0.241 e. The Bertz CT molecular complexity index is 1100. The predicted molar refractivity (Wildman–Crippen MR) is 138 cm³/mol. The number of benzene rings is 2. The Morgan fingerprint density at radius 1 is 1.18 bits per heavy atom. The van der Waals surface area contributed by atoms with Gasteiger partial charge in [0.2, 0.25) is 17.6 Å². The van der Waals surface area contributed by atoms with Crippen LogP contribution in [0.1, 0.15) is 29.9 Å². The van der Waals surface area contributed by atoms with E-state index in [1.807, 2.05) is 11.8 Å². The number of halogens is 2. The molecule has 1 amide bonds. The molecule has 0 atom stereocenters. The molecule has 9 heteroatoms. The van der Waals surface area contributed by atoms with Crippen LogP contribution in [0.3, 0.4) is 0 Å². The zero-order chi connectivity index (χ0) is 23.9. The Kier molecular flexibility index (Phi) is 8.89. The Hall–Kier alpha value is -2.06. The zero-order valence-electron chi connectivity index (χ0n) is 19.1. The molecule has 1 aliphatic rings. The second-order valence-corrected chi connectivity index (χ2v) is 10.5. The molecule has 180 valence electrons. The van der Waals surface area contributed by atoms with Gasteiger partial charge in [-0.3, -0.25) is 9.69 Å². The van der Waals surface area contributed by atoms with Crippen LogP contribution in [0.15, 0.2) is 47.0 Å². The topological polar surface area (TPSA) is 71.3 Å². The summed E-state index contributed by atoms with van der Waals surface area (Å²) in [5.41, 5.74) is 3.28. The quantitative estimate of drug-likeness (QED) is 0.371. The van der Waals surface area contributed by atoms with E-state index in [4.69, 9.17) is 27.7 Å². The summed E-state index contributed by atoms with van der Waals surface area (Å²) in [4.78, 5) is 19.3. The van der Waals surface area contributed by atoms with Crippen molar-refractivity contribution in [1.29, 1.82) is 0 Å². The van der Waals surface area contributed by atoms with E-state index in [1.54, 1.807) is 18.2 Å². The molecule has 4 rings (SSSR count). The van der Waals surface area contributed by atoms with Crippen LogP contribution in [0.2, 0.25) is 10.0 Å². The molecule has 2 aromatic carbocycles. The maximum absolute atomic E-state index is 12.5. The molecule has 1 fully saturated rings. The fraction of sp³-hybridized carbons (Fsp3) is 0.400. The molecule has 1 N–H and O–H groups in total. The maximum atomic E-state index is 12.5. The second kappa shape index (κ2) is 12.1. The van der Waals surface area contributed by atoms with E-state index in [9.17, 15) is 4.79 Å². The van der Waals surface area contributed by atoms with Crippen molar-refractivity contribution in [3.8, 4) is 11.4 Å². The highest BCUT2D eigenvalue weighted by atomic mass is 35.5. The van der Waals surface area contributed by atoms with Gasteiger partial charge in [0.25, 0.3) is 0 Å². The van der Waals surface area contributed by atoms with Gasteiger partial charge in [0.1, 0.15) is 0 Å². The van der Waals surface area contributed by atoms with Crippen LogP contribution in [-0.2, 0) is 17.1 Å². The van der Waals surface area contributed by atoms with Crippen molar-refractivity contribution in [2.24, 2.45) is 5.92 Å². The number of nitrogens with one attached hydrogen (secondary N) is 1. The van der Waals surface area contributed by atoms with Gasteiger partial charge in [-0.2, -0.15) is 16.7 Å². The zero-order valence-corrected chi connectivity index (χ0v) is 21.4. The van der Waals surface area contributed by atoms with Crippen molar-refractivity contribution < 1.29 is 9.32 Å². The number of piperidine rings is 1. The van der Waals surface area contributed by atoms with Crippen molar-refractivity contribution in [3.05, 3.63) is 69.5 Å². The van der Waals surface area contributed by atoms with Crippen molar-refractivity contribution in [1.82, 2.24) is 20.4 Å². The highest BCUT2D eigenvalue weighted by molar-refractivity contribution is 7.98. The van der Waals surface area contributed by atoms with E-state index < -0.39 is 0 Å². The summed E-state index contributed by atoms with van der Waals surface area (Å²) in [5, 5.41) is 8.20. The lowest BCUT2D eigenvalue weighted by Gasteiger charge is -2.30. The molecule has 6 nitrogen and oxygen atoms in total. The fourth-order valence-electron chi connectivity index (χ4n) is 3.91. The third-order valence-electron chi connectivity index (χ3n) is 5.89. The number of carbonyl (C=O) groups is 1. The third kappa shape index (κ3) is 6.98. The van der Waals surface area contributed by atoms with Crippen molar-refractivity contribution in [2.45, 2.75) is 32.1 Å². The number of likely N-dealkylation sites (tertiary alicyclic amines) is 1. The minimum Gasteiger partial charge on any atom is -0.355 e. The molecule has 0 spiro atoms. The molecule has 0 bridgehead atoms. The lowest BCUT2D eigenvalue weighted by molar-refractivity contribution is -0.126. The summed E-state index contributed by atoms with van der Waals surface area (Å²) in [6.07, 6.45) is 1.65. The monoisotopic (exact) mass is 518 g/mol. The van der Waals surface area contributed by atoms with Gasteiger partial charge in [0.15, 0.2) is 0 Å². The number of hydrogen-bond acceptors (Lipinski definition) is 6. The number of aryl methyl sites for hydroxylation is 1. The van der Waals surface area contributed by atoms with Crippen LogP contribution < -0.4 is 5.32 Å². The van der Waals surface area contributed by atoms with Crippen LogP contribution in [0.5, 0.6) is 0 Å². The van der Waals surface area contributed by atoms with Crippen molar-refractivity contribution in [3.63, 3.8) is 0 Å². The van der Waals surface area contributed by atoms with Gasteiger partial charge in [-0.05, 0) is 56.6 Å². The predicted octanol–water partition coefficient (Wildman–Crippen LogP) is 5.61. The molecule has 34 heavy (non-hydrogen) atoms. The highest BCUT2D eigenvalue weighted by Crippen LogP contribution is 2.28. The molecule has 1 saturated heterocycles. The number of aromatic nitrogens is 2. The lowest BCUT2D eigenvalue weighted by Crippen LogP contribution is -2.40. The standard InChI is InChI=1S/C25H28Cl2N4O2S/c1-17-2-4-18(5-3-17)16-34-13-10-28-25(32)19-8-11-31(12-9-19)15-23-29-24(30-33-23)21-7-6-20(26)14-22(21)27/h2-7,14,19H,8-13,15-16H2,1H3,(H,28,32). The normalized spacial score (nSPS) is 14.9. The van der Waals surface area contributed by atoms with Gasteiger partial charge < -0.3 is 9.84 Å². The van der Waals surface area contributed by atoms with E-state index in [1.165, 1.54) is 11.1 Å². The second-order valence-electron chi connectivity index (χ2n) is 8.52. The van der Waals surface area contributed by atoms with Crippen LogP contribution in [-0.4, -0.2) is 46.3 Å². The summed E-state index contributed by atoms with van der Waals surface area (Å²) in [7, 11) is 0. The largest absolute Gasteiger partial charge is 0.355 e. The van der Waals surface area contributed by atoms with Gasteiger partial charge in [-0.25, -0.2) is 0 Å². The van der Waals surface area contributed by atoms with Gasteiger partial charge in [0.05, 0.1) is 11.6 Å². The summed E-state index contributed by atoms with van der Waals surface area (Å²) >= 11 is 14.0. The number of rotatable bonds is 9. The molecule has 2 heterocycles. The van der Waals surface area contributed by atoms with E-state index >= 15 is 0 Å². The van der Waals surface area contributed by atoms with Gasteiger partial charge in [0, 0.05) is 34.6 Å². The molecule has 0 saturated carbocycles. The number of thioether (sulfide) groups is 1. The Labute approximate surface area is 214 Å². The first kappa shape index (κ1) is 25.0. The van der Waals surface area contributed by atoms with Gasteiger partial charge >= 0.3 is 0 Å². The van der Waals surface area contributed by atoms with E-state index in [-0.39, 0.29) is 11.8 Å². The van der Waals surface area contributed by atoms with E-state index in [0.717, 1.165) is 37.4 Å². The first-order valence-electron chi connectivity index (χ1n) is 11.4. The minimum atomic E-state index is 0.0597. The molecular formula is C25H28Cl2N4O2S. The van der Waals surface area contributed by atoms with Gasteiger partial charge in [-0.15, -0.1) is 0 Å². The smallest absolute Gasteiger partial charge is 0.241 e. The van der Waals surface area contributed by atoms with E-state index in [0.29, 0.717) is 40.4 Å². The Balaban J connectivity index is 1.15. The SMILES string of the molecule is Cc1ccc(CSCCNC(=O)C2CCN(Cc3nc(-c4ccc(Cl)cc4Cl)no3)CC2)cc1. The molecule has 3 aromatic rings. The third-order valence-corrected chi connectivity index (χ3v) is 7.47. The summed E-state index contributed by atoms with van der Waals surface area (Å²) in [6.45, 7) is 4.99. The number of hydrogen-bond donors (Lipinski definition) is 1. The van der Waals surface area contributed by atoms with Crippen LogP contribution in [0, 0.1) is 12.8 Å². The summed E-state index contributed by atoms with van der Waals surface area (Å²) in [6, 6.07) is 13.8. The molecule has 0 unspecified atom stereocenters. The first-order valence-corrected chi connectivity index (χ1v) is 13.3. The number of nitrogens with zero attached hydrogens (tertiary/aromatic N) is 3. The first-order chi connectivity index (χ1) is 16.5. The molecule has 0 aliphatic carbocycles.